The van der Waals surface area contributed by atoms with Crippen molar-refractivity contribution < 1.29 is 9.85 Å². The molecule has 0 aliphatic carbocycles. The van der Waals surface area contributed by atoms with Crippen LogP contribution in [0.5, 0.6) is 0 Å². The molecule has 17 heavy (non-hydrogen) atoms. The van der Waals surface area contributed by atoms with Crippen molar-refractivity contribution >= 4 is 22.2 Å². The van der Waals surface area contributed by atoms with Gasteiger partial charge in [0.15, 0.2) is 5.69 Å². The summed E-state index contributed by atoms with van der Waals surface area (Å²) < 4.78 is 1.47. The van der Waals surface area contributed by atoms with E-state index in [-0.39, 0.29) is 16.5 Å². The fraction of sp³-hybridized carbons (Fsp3) is 0.125. The Bertz CT molecular complexity index is 602. The second-order valence-electron chi connectivity index (χ2n) is 3.18. The molecule has 88 valence electrons. The van der Waals surface area contributed by atoms with Crippen LogP contribution in [0.15, 0.2) is 18.5 Å². The standard InChI is InChI=1S/C8H6N4O4S/c1-10-4-9-8(12(15)16)7(10)5-2-3-6(17-5)11(13)14/h2-4H,1H3. The van der Waals surface area contributed by atoms with Crippen molar-refractivity contribution in [2.75, 3.05) is 0 Å². The maximum absolute atomic E-state index is 10.7. The number of nitro groups is 2. The Kier molecular flexibility index (Phi) is 2.60. The quantitative estimate of drug-likeness (QED) is 0.615. The van der Waals surface area contributed by atoms with Crippen LogP contribution in [-0.2, 0) is 7.05 Å². The molecule has 8 nitrogen and oxygen atoms in total. The molecule has 9 heteroatoms. The van der Waals surface area contributed by atoms with Gasteiger partial charge in [-0.25, -0.2) is 0 Å². The minimum Gasteiger partial charge on any atom is -0.358 e. The number of hydrogen-bond acceptors (Lipinski definition) is 6. The molecule has 0 amide bonds. The monoisotopic (exact) mass is 254 g/mol. The second kappa shape index (κ2) is 3.94. The molecule has 0 N–H and O–H groups in total. The lowest BCUT2D eigenvalue weighted by Crippen LogP contribution is -1.93. The molecule has 0 aromatic carbocycles. The van der Waals surface area contributed by atoms with Gasteiger partial charge < -0.3 is 14.7 Å². The van der Waals surface area contributed by atoms with Gasteiger partial charge in [-0.2, -0.15) is 0 Å². The lowest BCUT2D eigenvalue weighted by molar-refractivity contribution is -0.388. The average molecular weight is 254 g/mol. The predicted octanol–water partition coefficient (Wildman–Crippen LogP) is 1.96. The molecule has 0 spiro atoms. The van der Waals surface area contributed by atoms with Gasteiger partial charge in [-0.1, -0.05) is 11.3 Å². The number of imidazole rings is 1. The number of rotatable bonds is 3. The largest absolute Gasteiger partial charge is 0.390 e. The number of hydrogen-bond donors (Lipinski definition) is 0. The van der Waals surface area contributed by atoms with Crippen molar-refractivity contribution in [2.45, 2.75) is 0 Å². The molecule has 2 aromatic rings. The number of nitrogens with zero attached hydrogens (tertiary/aromatic N) is 4. The first-order chi connectivity index (χ1) is 8.00. The summed E-state index contributed by atoms with van der Waals surface area (Å²) in [5.41, 5.74) is 0.271. The zero-order chi connectivity index (χ0) is 12.6. The van der Waals surface area contributed by atoms with Crippen molar-refractivity contribution in [3.63, 3.8) is 0 Å². The SMILES string of the molecule is Cn1cnc([N+](=O)[O-])c1-c1ccc([N+](=O)[O-])s1. The zero-order valence-corrected chi connectivity index (χ0v) is 9.38. The van der Waals surface area contributed by atoms with Crippen LogP contribution in [0.1, 0.15) is 0 Å². The summed E-state index contributed by atoms with van der Waals surface area (Å²) in [6.07, 6.45) is 1.30. The van der Waals surface area contributed by atoms with E-state index in [4.69, 9.17) is 0 Å². The van der Waals surface area contributed by atoms with Crippen LogP contribution >= 0.6 is 11.3 Å². The van der Waals surface area contributed by atoms with Crippen LogP contribution in [0, 0.1) is 20.2 Å². The van der Waals surface area contributed by atoms with E-state index in [1.54, 1.807) is 7.05 Å². The van der Waals surface area contributed by atoms with E-state index in [2.05, 4.69) is 4.98 Å². The second-order valence-corrected chi connectivity index (χ2v) is 4.24. The lowest BCUT2D eigenvalue weighted by atomic mass is 10.3. The van der Waals surface area contributed by atoms with Gasteiger partial charge in [-0.15, -0.1) is 0 Å². The van der Waals surface area contributed by atoms with E-state index in [1.807, 2.05) is 0 Å². The molecule has 0 bridgehead atoms. The molecule has 0 radical (unpaired) electrons. The lowest BCUT2D eigenvalue weighted by Gasteiger charge is -1.97. The van der Waals surface area contributed by atoms with E-state index < -0.39 is 9.85 Å². The van der Waals surface area contributed by atoms with Gasteiger partial charge in [0, 0.05) is 13.1 Å². The Morgan fingerprint density at radius 3 is 2.53 bits per heavy atom. The first kappa shape index (κ1) is 11.2. The molecule has 2 aromatic heterocycles. The maximum Gasteiger partial charge on any atom is 0.390 e. The first-order valence-corrected chi connectivity index (χ1v) is 5.22. The van der Waals surface area contributed by atoms with Crippen molar-refractivity contribution in [2.24, 2.45) is 7.05 Å². The normalized spacial score (nSPS) is 10.4. The van der Waals surface area contributed by atoms with Crippen LogP contribution in [0.2, 0.25) is 0 Å². The van der Waals surface area contributed by atoms with Crippen LogP contribution in [0.4, 0.5) is 10.8 Å². The van der Waals surface area contributed by atoms with Gasteiger partial charge in [0.25, 0.3) is 0 Å². The summed E-state index contributed by atoms with van der Waals surface area (Å²) in [6.45, 7) is 0. The summed E-state index contributed by atoms with van der Waals surface area (Å²) >= 11 is 0.880. The van der Waals surface area contributed by atoms with Crippen LogP contribution < -0.4 is 0 Å². The van der Waals surface area contributed by atoms with Crippen molar-refractivity contribution in [1.82, 2.24) is 9.55 Å². The van der Waals surface area contributed by atoms with E-state index >= 15 is 0 Å². The molecule has 2 heterocycles. The Morgan fingerprint density at radius 1 is 1.29 bits per heavy atom. The summed E-state index contributed by atoms with van der Waals surface area (Å²) in [5.74, 6) is -0.302. The van der Waals surface area contributed by atoms with Gasteiger partial charge in [0.05, 0.1) is 9.80 Å². The smallest absolute Gasteiger partial charge is 0.358 e. The molecule has 0 aliphatic heterocycles. The average Bonchev–Trinajstić information content (AvgIpc) is 2.82. The van der Waals surface area contributed by atoms with Gasteiger partial charge in [-0.05, 0) is 16.0 Å². The molecule has 0 unspecified atom stereocenters. The Hall–Kier alpha value is -2.29. The van der Waals surface area contributed by atoms with Crippen LogP contribution in [-0.4, -0.2) is 19.4 Å². The fourth-order valence-electron chi connectivity index (χ4n) is 1.39. The molecule has 0 atom stereocenters. The molecule has 0 saturated heterocycles. The number of aryl methyl sites for hydroxylation is 1. The van der Waals surface area contributed by atoms with E-state index in [0.29, 0.717) is 4.88 Å². The highest BCUT2D eigenvalue weighted by Gasteiger charge is 2.24. The third-order valence-electron chi connectivity index (χ3n) is 2.10. The molecular weight excluding hydrogens is 248 g/mol. The van der Waals surface area contributed by atoms with Gasteiger partial charge in [0.1, 0.15) is 0 Å². The summed E-state index contributed by atoms with van der Waals surface area (Å²) in [4.78, 5) is 24.2. The van der Waals surface area contributed by atoms with Crippen LogP contribution in [0.25, 0.3) is 10.6 Å². The summed E-state index contributed by atoms with van der Waals surface area (Å²) in [7, 11) is 1.60. The van der Waals surface area contributed by atoms with Gasteiger partial charge >= 0.3 is 10.8 Å². The first-order valence-electron chi connectivity index (χ1n) is 4.41. The van der Waals surface area contributed by atoms with Crippen LogP contribution in [0.3, 0.4) is 0 Å². The molecular formula is C8H6N4O4S. The van der Waals surface area contributed by atoms with Crippen molar-refractivity contribution in [3.05, 3.63) is 38.7 Å². The Labute approximate surface area is 98.4 Å². The van der Waals surface area contributed by atoms with Crippen molar-refractivity contribution in [3.8, 4) is 10.6 Å². The Morgan fingerprint density at radius 2 is 2.00 bits per heavy atom. The fourth-order valence-corrected chi connectivity index (χ4v) is 2.29. The highest BCUT2D eigenvalue weighted by Crippen LogP contribution is 2.36. The topological polar surface area (TPSA) is 104 Å². The number of aromatic nitrogens is 2. The van der Waals surface area contributed by atoms with Gasteiger partial charge in [0.2, 0.25) is 6.33 Å². The van der Waals surface area contributed by atoms with E-state index in [0.717, 1.165) is 11.3 Å². The van der Waals surface area contributed by atoms with Gasteiger partial charge in [-0.3, -0.25) is 10.1 Å². The highest BCUT2D eigenvalue weighted by molar-refractivity contribution is 7.18. The molecule has 2 rings (SSSR count). The van der Waals surface area contributed by atoms with E-state index in [9.17, 15) is 20.2 Å². The number of thiophene rings is 1. The minimum absolute atomic E-state index is 0.0597. The summed E-state index contributed by atoms with van der Waals surface area (Å²) in [5, 5.41) is 21.2. The third kappa shape index (κ3) is 1.87. The van der Waals surface area contributed by atoms with E-state index in [1.165, 1.54) is 23.0 Å². The molecule has 0 aliphatic rings. The molecule has 0 fully saturated rings. The zero-order valence-electron chi connectivity index (χ0n) is 8.56. The highest BCUT2D eigenvalue weighted by atomic mass is 32.1. The molecule has 0 saturated carbocycles. The summed E-state index contributed by atoms with van der Waals surface area (Å²) in [6, 6.07) is 2.80. The third-order valence-corrected chi connectivity index (χ3v) is 3.14. The van der Waals surface area contributed by atoms with Crippen molar-refractivity contribution in [1.29, 1.82) is 0 Å². The predicted molar refractivity (Wildman–Crippen MR) is 59.8 cm³/mol. The Balaban J connectivity index is 2.55. The minimum atomic E-state index is -0.610. The maximum atomic E-state index is 10.7.